The molecule has 0 fully saturated rings. The van der Waals surface area contributed by atoms with Crippen LogP contribution in [0, 0.1) is 0 Å². The molecule has 6 heteroatoms. The average Bonchev–Trinajstić information content (AvgIpc) is 2.84. The first-order valence-electron chi connectivity index (χ1n) is 11.7. The zero-order chi connectivity index (χ0) is 23.9. The fraction of sp³-hybridized carbons (Fsp3) is 0.519. The van der Waals surface area contributed by atoms with E-state index >= 15 is 0 Å². The van der Waals surface area contributed by atoms with Crippen LogP contribution in [-0.4, -0.2) is 37.8 Å². The van der Waals surface area contributed by atoms with E-state index < -0.39 is 0 Å². The molecule has 0 unspecified atom stereocenters. The summed E-state index contributed by atoms with van der Waals surface area (Å²) in [5.74, 6) is 3.87. The van der Waals surface area contributed by atoms with Gasteiger partial charge in [0, 0.05) is 23.3 Å². The van der Waals surface area contributed by atoms with Gasteiger partial charge in [0.1, 0.15) is 24.7 Å². The molecule has 4 nitrogen and oxygen atoms in total. The third-order valence-corrected chi connectivity index (χ3v) is 8.18. The smallest absolute Gasteiger partial charge is 0.305 e. The highest BCUT2D eigenvalue weighted by molar-refractivity contribution is 8.76. The van der Waals surface area contributed by atoms with Gasteiger partial charge >= 0.3 is 5.97 Å². The van der Waals surface area contributed by atoms with E-state index in [0.717, 1.165) is 36.5 Å². The minimum atomic E-state index is -0.136. The molecule has 2 rings (SSSR count). The van der Waals surface area contributed by atoms with Gasteiger partial charge in [0.15, 0.2) is 0 Å². The Morgan fingerprint density at radius 3 is 2.03 bits per heavy atom. The van der Waals surface area contributed by atoms with Crippen molar-refractivity contribution < 1.29 is 19.0 Å². The summed E-state index contributed by atoms with van der Waals surface area (Å²) in [6.07, 6.45) is 4.83. The Morgan fingerprint density at radius 2 is 1.42 bits per heavy atom. The number of ether oxygens (including phenoxy) is 3. The first-order chi connectivity index (χ1) is 16.0. The van der Waals surface area contributed by atoms with Crippen molar-refractivity contribution in [3.8, 4) is 11.5 Å². The van der Waals surface area contributed by atoms with E-state index in [4.69, 9.17) is 14.2 Å². The lowest BCUT2D eigenvalue weighted by Crippen LogP contribution is -2.18. The van der Waals surface area contributed by atoms with Gasteiger partial charge in [-0.05, 0) is 54.7 Å². The molecule has 2 aromatic rings. The third kappa shape index (κ3) is 9.93. The fourth-order valence-electron chi connectivity index (χ4n) is 3.34. The first-order valence-corrected chi connectivity index (χ1v) is 14.2. The molecule has 0 aliphatic heterocycles. The normalized spacial score (nSPS) is 11.3. The summed E-state index contributed by atoms with van der Waals surface area (Å²) in [5.41, 5.74) is 2.29. The van der Waals surface area contributed by atoms with Gasteiger partial charge in [-0.25, -0.2) is 0 Å². The molecular weight excluding hydrogens is 452 g/mol. The molecule has 0 heterocycles. The number of hydrogen-bond acceptors (Lipinski definition) is 6. The maximum absolute atomic E-state index is 11.9. The third-order valence-electron chi connectivity index (χ3n) is 5.48. The largest absolute Gasteiger partial charge is 0.497 e. The lowest BCUT2D eigenvalue weighted by Gasteiger charge is -2.26. The maximum atomic E-state index is 11.9. The Hall–Kier alpha value is -1.79. The average molecular weight is 491 g/mol. The molecule has 0 spiro atoms. The van der Waals surface area contributed by atoms with E-state index in [2.05, 4.69) is 45.0 Å². The Morgan fingerprint density at radius 1 is 0.818 bits per heavy atom. The molecule has 0 aliphatic rings. The number of carbonyl (C=O) groups excluding carboxylic acids is 1. The summed E-state index contributed by atoms with van der Waals surface area (Å²) in [4.78, 5) is 11.9. The van der Waals surface area contributed by atoms with Gasteiger partial charge in [0.05, 0.1) is 7.11 Å². The number of rotatable bonds is 16. The van der Waals surface area contributed by atoms with E-state index in [0.29, 0.717) is 13.0 Å². The molecule has 0 saturated heterocycles. The molecule has 0 N–H and O–H groups in total. The topological polar surface area (TPSA) is 44.8 Å². The molecule has 0 saturated carbocycles. The molecule has 0 aromatic heterocycles. The quantitative estimate of drug-likeness (QED) is 0.140. The zero-order valence-electron chi connectivity index (χ0n) is 20.4. The van der Waals surface area contributed by atoms with Crippen molar-refractivity contribution in [3.63, 3.8) is 0 Å². The number of carbonyl (C=O) groups is 1. The monoisotopic (exact) mass is 490 g/mol. The van der Waals surface area contributed by atoms with E-state index in [9.17, 15) is 4.79 Å². The van der Waals surface area contributed by atoms with Gasteiger partial charge in [0.2, 0.25) is 0 Å². The number of methoxy groups -OCH3 is 1. The van der Waals surface area contributed by atoms with Gasteiger partial charge in [-0.3, -0.25) is 4.79 Å². The van der Waals surface area contributed by atoms with Crippen LogP contribution in [0.2, 0.25) is 0 Å². The predicted octanol–water partition coefficient (Wildman–Crippen LogP) is 7.29. The van der Waals surface area contributed by atoms with E-state index in [1.807, 2.05) is 45.9 Å². The number of unbranched alkanes of at least 4 members (excludes halogenated alkanes) is 2. The fourth-order valence-corrected chi connectivity index (χ4v) is 5.62. The van der Waals surface area contributed by atoms with Crippen molar-refractivity contribution >= 4 is 27.6 Å². The van der Waals surface area contributed by atoms with Gasteiger partial charge in [-0.15, -0.1) is 0 Å². The van der Waals surface area contributed by atoms with E-state index in [1.54, 1.807) is 7.11 Å². The Balaban J connectivity index is 1.64. The van der Waals surface area contributed by atoms with Crippen LogP contribution in [0.5, 0.6) is 11.5 Å². The molecule has 2 aromatic carbocycles. The van der Waals surface area contributed by atoms with Crippen molar-refractivity contribution in [2.75, 3.05) is 31.8 Å². The minimum Gasteiger partial charge on any atom is -0.497 e. The van der Waals surface area contributed by atoms with Crippen LogP contribution in [0.25, 0.3) is 0 Å². The molecule has 0 aliphatic carbocycles. The molecule has 33 heavy (non-hydrogen) atoms. The van der Waals surface area contributed by atoms with Crippen LogP contribution in [0.1, 0.15) is 64.0 Å². The highest BCUT2D eigenvalue weighted by Crippen LogP contribution is 2.33. The predicted molar refractivity (Wildman–Crippen MR) is 142 cm³/mol. The summed E-state index contributed by atoms with van der Waals surface area (Å²) in [5, 5.41) is 0. The summed E-state index contributed by atoms with van der Waals surface area (Å²) in [6, 6.07) is 16.3. The molecular formula is C27H38O4S2. The molecule has 0 atom stereocenters. The standard InChI is InChI=1S/C27H38O4S2/c1-5-20-32-33-21-8-6-7-9-26(28)31-19-18-30-25-16-12-23(13-17-25)27(2,3)22-10-14-24(29-4)15-11-22/h10-17H,5-9,18-21H2,1-4H3. The second kappa shape index (κ2) is 15.2. The Bertz CT molecular complexity index is 804. The molecule has 0 bridgehead atoms. The summed E-state index contributed by atoms with van der Waals surface area (Å²) in [6.45, 7) is 7.24. The highest BCUT2D eigenvalue weighted by atomic mass is 33.1. The van der Waals surface area contributed by atoms with Crippen molar-refractivity contribution in [3.05, 3.63) is 59.7 Å². The van der Waals surface area contributed by atoms with E-state index in [1.165, 1.54) is 23.3 Å². The van der Waals surface area contributed by atoms with Crippen molar-refractivity contribution in [1.29, 1.82) is 0 Å². The first kappa shape index (κ1) is 27.5. The number of hydrogen-bond donors (Lipinski definition) is 0. The zero-order valence-corrected chi connectivity index (χ0v) is 22.1. The molecule has 182 valence electrons. The second-order valence-corrected chi connectivity index (χ2v) is 11.1. The highest BCUT2D eigenvalue weighted by Gasteiger charge is 2.23. The van der Waals surface area contributed by atoms with Crippen LogP contribution in [-0.2, 0) is 14.9 Å². The summed E-state index contributed by atoms with van der Waals surface area (Å²) < 4.78 is 16.3. The Labute approximate surface area is 207 Å². The van der Waals surface area contributed by atoms with Gasteiger partial charge < -0.3 is 14.2 Å². The van der Waals surface area contributed by atoms with Crippen LogP contribution in [0.15, 0.2) is 48.5 Å². The molecule has 0 amide bonds. The van der Waals surface area contributed by atoms with Crippen LogP contribution in [0.3, 0.4) is 0 Å². The minimum absolute atomic E-state index is 0.132. The SMILES string of the molecule is CCCSSCCCCCC(=O)OCCOc1ccc(C(C)(C)c2ccc(OC)cc2)cc1. The van der Waals surface area contributed by atoms with Crippen molar-refractivity contribution in [2.24, 2.45) is 0 Å². The molecule has 0 radical (unpaired) electrons. The lowest BCUT2D eigenvalue weighted by atomic mass is 9.78. The number of benzene rings is 2. The van der Waals surface area contributed by atoms with Gasteiger partial charge in [-0.2, -0.15) is 0 Å². The lowest BCUT2D eigenvalue weighted by molar-refractivity contribution is -0.144. The van der Waals surface area contributed by atoms with Crippen LogP contribution in [0.4, 0.5) is 0 Å². The van der Waals surface area contributed by atoms with Gasteiger partial charge in [0.25, 0.3) is 0 Å². The summed E-state index contributed by atoms with van der Waals surface area (Å²) >= 11 is 0. The van der Waals surface area contributed by atoms with Crippen LogP contribution >= 0.6 is 21.6 Å². The van der Waals surface area contributed by atoms with E-state index in [-0.39, 0.29) is 18.0 Å². The van der Waals surface area contributed by atoms with Crippen molar-refractivity contribution in [1.82, 2.24) is 0 Å². The van der Waals surface area contributed by atoms with Gasteiger partial charge in [-0.1, -0.05) is 73.0 Å². The van der Waals surface area contributed by atoms with Crippen LogP contribution < -0.4 is 9.47 Å². The number of esters is 1. The van der Waals surface area contributed by atoms with Crippen molar-refractivity contribution in [2.45, 2.75) is 58.3 Å². The second-order valence-electron chi connectivity index (χ2n) is 8.40. The maximum Gasteiger partial charge on any atom is 0.305 e. The summed E-state index contributed by atoms with van der Waals surface area (Å²) in [7, 11) is 5.55. The Kier molecular flexibility index (Phi) is 12.6.